The second kappa shape index (κ2) is 5.20. The van der Waals surface area contributed by atoms with E-state index in [4.69, 9.17) is 5.26 Å². The van der Waals surface area contributed by atoms with Gasteiger partial charge in [0.25, 0.3) is 0 Å². The molecule has 1 aliphatic rings. The molecule has 0 radical (unpaired) electrons. The quantitative estimate of drug-likeness (QED) is 0.928. The van der Waals surface area contributed by atoms with Crippen LogP contribution in [0.25, 0.3) is 11.2 Å². The predicted molar refractivity (Wildman–Crippen MR) is 75.9 cm³/mol. The summed E-state index contributed by atoms with van der Waals surface area (Å²) in [5.74, 6) is 1.74. The maximum Gasteiger partial charge on any atom is 0.234 e. The Hall–Kier alpha value is -1.96. The molecule has 0 saturated heterocycles. The molecule has 0 aromatic carbocycles. The number of rotatable bonds is 3. The van der Waals surface area contributed by atoms with Gasteiger partial charge in [-0.05, 0) is 24.7 Å². The number of nitrogens with one attached hydrogen (secondary N) is 1. The molecular weight excluding hydrogens is 250 g/mol. The van der Waals surface area contributed by atoms with Crippen molar-refractivity contribution < 1.29 is 0 Å². The average Bonchev–Trinajstić information content (AvgIpc) is 3.08. The van der Waals surface area contributed by atoms with E-state index in [1.807, 2.05) is 0 Å². The fraction of sp³-hybridized carbons (Fsp3) is 0.600. The van der Waals surface area contributed by atoms with Crippen molar-refractivity contribution in [1.29, 1.82) is 5.26 Å². The lowest BCUT2D eigenvalue weighted by Gasteiger charge is -2.26. The molecule has 1 aliphatic carbocycles. The summed E-state index contributed by atoms with van der Waals surface area (Å²) in [4.78, 5) is 16.0. The first kappa shape index (κ1) is 13.0. The van der Waals surface area contributed by atoms with Crippen LogP contribution in [0.1, 0.15) is 57.0 Å². The third-order valence-electron chi connectivity index (χ3n) is 4.36. The van der Waals surface area contributed by atoms with E-state index < -0.39 is 0 Å². The smallest absolute Gasteiger partial charge is 0.234 e. The van der Waals surface area contributed by atoms with E-state index in [9.17, 15) is 0 Å². The Balaban J connectivity index is 2.14. The number of fused-ring (bicyclic) bond motifs is 1. The number of H-pyrrole nitrogens is 1. The summed E-state index contributed by atoms with van der Waals surface area (Å²) in [5.41, 5.74) is 2.48. The summed E-state index contributed by atoms with van der Waals surface area (Å²) in [7, 11) is 0. The van der Waals surface area contributed by atoms with Crippen molar-refractivity contribution in [3.63, 3.8) is 0 Å². The van der Waals surface area contributed by atoms with Gasteiger partial charge in [0.1, 0.15) is 11.6 Å². The molecule has 104 valence electrons. The Morgan fingerprint density at radius 2 is 2.05 bits per heavy atom. The molecule has 2 heterocycles. The minimum absolute atomic E-state index is 0.225. The molecule has 2 aromatic rings. The summed E-state index contributed by atoms with van der Waals surface area (Å²) in [6.07, 6.45) is 6.75. The highest BCUT2D eigenvalue weighted by atomic mass is 15.0. The van der Waals surface area contributed by atoms with Crippen LogP contribution in [0.5, 0.6) is 0 Å². The van der Waals surface area contributed by atoms with E-state index >= 15 is 0 Å². The Morgan fingerprint density at radius 1 is 1.30 bits per heavy atom. The Kier molecular flexibility index (Phi) is 3.39. The zero-order chi connectivity index (χ0) is 14.1. The first-order valence-electron chi connectivity index (χ1n) is 7.32. The molecule has 1 fully saturated rings. The number of imidazole rings is 1. The van der Waals surface area contributed by atoms with Gasteiger partial charge < -0.3 is 4.98 Å². The molecule has 1 N–H and O–H groups in total. The van der Waals surface area contributed by atoms with Crippen LogP contribution in [0.2, 0.25) is 0 Å². The van der Waals surface area contributed by atoms with Gasteiger partial charge in [0, 0.05) is 5.92 Å². The average molecular weight is 269 g/mol. The van der Waals surface area contributed by atoms with Crippen LogP contribution in [0, 0.1) is 23.2 Å². The van der Waals surface area contributed by atoms with Crippen LogP contribution in [0.4, 0.5) is 0 Å². The Bertz CT molecular complexity index is 646. The summed E-state index contributed by atoms with van der Waals surface area (Å²) >= 11 is 0. The van der Waals surface area contributed by atoms with E-state index in [0.29, 0.717) is 23.4 Å². The summed E-state index contributed by atoms with van der Waals surface area (Å²) in [6.45, 7) is 4.47. The number of aromatic amines is 1. The van der Waals surface area contributed by atoms with Gasteiger partial charge in [0.2, 0.25) is 5.82 Å². The standard InChI is InChI=1S/C15H19N5/c1-9(2)12(10-5-3-4-6-10)13-14-15(18-8-17-14)20-11(7-16)19-13/h8-10,12H,3-6H2,1-2H3,(H,17,18,19,20). The maximum absolute atomic E-state index is 9.13. The molecule has 1 atom stereocenters. The van der Waals surface area contributed by atoms with E-state index in [0.717, 1.165) is 11.2 Å². The van der Waals surface area contributed by atoms with E-state index in [1.54, 1.807) is 6.33 Å². The van der Waals surface area contributed by atoms with Crippen molar-refractivity contribution in [2.75, 3.05) is 0 Å². The second-order valence-electron chi connectivity index (χ2n) is 5.96. The van der Waals surface area contributed by atoms with Crippen molar-refractivity contribution in [3.8, 4) is 6.07 Å². The van der Waals surface area contributed by atoms with Gasteiger partial charge >= 0.3 is 0 Å². The van der Waals surface area contributed by atoms with Crippen molar-refractivity contribution in [2.45, 2.75) is 45.4 Å². The lowest BCUT2D eigenvalue weighted by atomic mass is 9.79. The van der Waals surface area contributed by atoms with Gasteiger partial charge in [-0.25, -0.2) is 9.97 Å². The zero-order valence-electron chi connectivity index (χ0n) is 11.9. The molecule has 0 aliphatic heterocycles. The normalized spacial score (nSPS) is 17.7. The highest BCUT2D eigenvalue weighted by Gasteiger charge is 2.32. The maximum atomic E-state index is 9.13. The Labute approximate surface area is 118 Å². The lowest BCUT2D eigenvalue weighted by Crippen LogP contribution is -2.18. The number of hydrogen-bond acceptors (Lipinski definition) is 4. The molecule has 20 heavy (non-hydrogen) atoms. The van der Waals surface area contributed by atoms with Gasteiger partial charge in [-0.15, -0.1) is 0 Å². The van der Waals surface area contributed by atoms with Gasteiger partial charge in [0.15, 0.2) is 5.65 Å². The summed E-state index contributed by atoms with van der Waals surface area (Å²) in [5, 5.41) is 9.13. The van der Waals surface area contributed by atoms with Crippen LogP contribution >= 0.6 is 0 Å². The topological polar surface area (TPSA) is 78.2 Å². The van der Waals surface area contributed by atoms with E-state index in [2.05, 4.69) is 39.9 Å². The molecule has 5 nitrogen and oxygen atoms in total. The fourth-order valence-electron chi connectivity index (χ4n) is 3.55. The number of nitriles is 1. The van der Waals surface area contributed by atoms with Gasteiger partial charge in [-0.3, -0.25) is 0 Å². The lowest BCUT2D eigenvalue weighted by molar-refractivity contribution is 0.342. The number of hydrogen-bond donors (Lipinski definition) is 1. The fourth-order valence-corrected chi connectivity index (χ4v) is 3.55. The van der Waals surface area contributed by atoms with E-state index in [1.165, 1.54) is 25.7 Å². The second-order valence-corrected chi connectivity index (χ2v) is 5.96. The molecule has 2 aromatic heterocycles. The minimum atomic E-state index is 0.225. The SMILES string of the molecule is CC(C)C(c1nc(C#N)nc2nc[nH]c12)C1CCCC1. The van der Waals surface area contributed by atoms with E-state index in [-0.39, 0.29) is 5.82 Å². The van der Waals surface area contributed by atoms with Crippen LogP contribution in [-0.4, -0.2) is 19.9 Å². The number of aromatic nitrogens is 4. The third kappa shape index (κ3) is 2.15. The molecule has 1 saturated carbocycles. The highest BCUT2D eigenvalue weighted by molar-refractivity contribution is 5.73. The molecule has 0 bridgehead atoms. The van der Waals surface area contributed by atoms with Crippen LogP contribution < -0.4 is 0 Å². The highest BCUT2D eigenvalue weighted by Crippen LogP contribution is 2.42. The van der Waals surface area contributed by atoms with Crippen LogP contribution in [0.15, 0.2) is 6.33 Å². The first-order valence-corrected chi connectivity index (χ1v) is 7.32. The molecule has 3 rings (SSSR count). The van der Waals surface area contributed by atoms with Gasteiger partial charge in [-0.2, -0.15) is 10.2 Å². The summed E-state index contributed by atoms with van der Waals surface area (Å²) in [6, 6.07) is 2.06. The largest absolute Gasteiger partial charge is 0.342 e. The van der Waals surface area contributed by atoms with Crippen LogP contribution in [-0.2, 0) is 0 Å². The first-order chi connectivity index (χ1) is 9.70. The van der Waals surface area contributed by atoms with Crippen molar-refractivity contribution in [2.24, 2.45) is 11.8 Å². The van der Waals surface area contributed by atoms with Gasteiger partial charge in [0.05, 0.1) is 12.0 Å². The van der Waals surface area contributed by atoms with Crippen molar-refractivity contribution >= 4 is 11.2 Å². The predicted octanol–water partition coefficient (Wildman–Crippen LogP) is 3.15. The zero-order valence-corrected chi connectivity index (χ0v) is 11.9. The van der Waals surface area contributed by atoms with Crippen LogP contribution in [0.3, 0.4) is 0 Å². The third-order valence-corrected chi connectivity index (χ3v) is 4.36. The molecular formula is C15H19N5. The summed E-state index contributed by atoms with van der Waals surface area (Å²) < 4.78 is 0. The minimum Gasteiger partial charge on any atom is -0.342 e. The molecule has 1 unspecified atom stereocenters. The van der Waals surface area contributed by atoms with Crippen molar-refractivity contribution in [1.82, 2.24) is 19.9 Å². The monoisotopic (exact) mass is 269 g/mol. The molecule has 0 spiro atoms. The van der Waals surface area contributed by atoms with Gasteiger partial charge in [-0.1, -0.05) is 26.7 Å². The number of nitrogens with zero attached hydrogens (tertiary/aromatic N) is 4. The molecule has 0 amide bonds. The Morgan fingerprint density at radius 3 is 2.70 bits per heavy atom. The molecule has 5 heteroatoms. The van der Waals surface area contributed by atoms with Crippen molar-refractivity contribution in [3.05, 3.63) is 17.8 Å².